The van der Waals surface area contributed by atoms with Gasteiger partial charge in [-0.3, -0.25) is 19.3 Å². The minimum absolute atomic E-state index is 0.0624. The fourth-order valence-electron chi connectivity index (χ4n) is 4.28. The normalized spacial score (nSPS) is 18.4. The smallest absolute Gasteiger partial charge is 0.341 e. The molecule has 1 saturated heterocycles. The van der Waals surface area contributed by atoms with E-state index in [4.69, 9.17) is 9.47 Å². The molecule has 5 amide bonds. The van der Waals surface area contributed by atoms with Crippen molar-refractivity contribution in [3.63, 3.8) is 0 Å². The van der Waals surface area contributed by atoms with Crippen molar-refractivity contribution in [2.45, 2.75) is 25.8 Å². The Bertz CT molecular complexity index is 1270. The Labute approximate surface area is 211 Å². The summed E-state index contributed by atoms with van der Waals surface area (Å²) in [6, 6.07) is 6.23. The largest absolute Gasteiger partial charge is 0.493 e. The summed E-state index contributed by atoms with van der Waals surface area (Å²) in [5.74, 6) is -1.79. The zero-order valence-corrected chi connectivity index (χ0v) is 21.1. The predicted molar refractivity (Wildman–Crippen MR) is 130 cm³/mol. The van der Waals surface area contributed by atoms with Gasteiger partial charge in [0.1, 0.15) is 17.3 Å². The molecule has 2 aliphatic rings. The van der Waals surface area contributed by atoms with Crippen LogP contribution in [0, 0.1) is 6.92 Å². The lowest BCUT2D eigenvalue weighted by Crippen LogP contribution is -2.48. The van der Waals surface area contributed by atoms with Crippen LogP contribution in [0.2, 0.25) is 0 Å². The highest BCUT2D eigenvalue weighted by molar-refractivity contribution is 7.18. The minimum Gasteiger partial charge on any atom is -0.493 e. The molecule has 1 spiro atoms. The fraction of sp³-hybridized carbons (Fsp3) is 0.375. The summed E-state index contributed by atoms with van der Waals surface area (Å²) in [6.45, 7) is 2.99. The molecule has 11 nitrogen and oxygen atoms in total. The summed E-state index contributed by atoms with van der Waals surface area (Å²) in [5, 5.41) is 5.44. The van der Waals surface area contributed by atoms with Gasteiger partial charge in [-0.05, 0) is 25.5 Å². The van der Waals surface area contributed by atoms with Crippen LogP contribution >= 0.6 is 11.3 Å². The molecule has 2 N–H and O–H groups in total. The number of fused-ring (bicyclic) bond motifs is 2. The van der Waals surface area contributed by atoms with E-state index >= 15 is 0 Å². The van der Waals surface area contributed by atoms with Crippen LogP contribution in [0.25, 0.3) is 0 Å². The highest BCUT2D eigenvalue weighted by atomic mass is 32.1. The second-order valence-electron chi connectivity index (χ2n) is 8.55. The average molecular weight is 515 g/mol. The van der Waals surface area contributed by atoms with Crippen molar-refractivity contribution < 1.29 is 33.4 Å². The van der Waals surface area contributed by atoms with Gasteiger partial charge in [0.15, 0.2) is 5.54 Å². The zero-order valence-electron chi connectivity index (χ0n) is 20.3. The number of rotatable bonds is 6. The Balaban J connectivity index is 1.59. The van der Waals surface area contributed by atoms with Gasteiger partial charge in [-0.15, -0.1) is 11.3 Å². The van der Waals surface area contributed by atoms with Crippen LogP contribution in [0.4, 0.5) is 9.80 Å². The quantitative estimate of drug-likeness (QED) is 0.445. The van der Waals surface area contributed by atoms with E-state index in [0.717, 1.165) is 16.2 Å². The van der Waals surface area contributed by atoms with Crippen LogP contribution in [0.15, 0.2) is 24.3 Å². The molecule has 0 unspecified atom stereocenters. The predicted octanol–water partition coefficient (Wildman–Crippen LogP) is 2.10. The fourth-order valence-corrected chi connectivity index (χ4v) is 5.52. The zero-order chi connectivity index (χ0) is 26.2. The van der Waals surface area contributed by atoms with Crippen molar-refractivity contribution in [2.24, 2.45) is 0 Å². The SMILES string of the molecule is CCOC(=O)c1c(NC(=O)CN2C(=O)N[C@]3(CCOc4ccccc43)C2=O)sc(C(=O)N(C)C)c1C. The molecule has 1 aromatic carbocycles. The number of imide groups is 1. The van der Waals surface area contributed by atoms with Crippen molar-refractivity contribution in [2.75, 3.05) is 39.2 Å². The number of amides is 5. The second-order valence-corrected chi connectivity index (χ2v) is 9.57. The lowest BCUT2D eigenvalue weighted by atomic mass is 9.84. The first-order chi connectivity index (χ1) is 17.1. The van der Waals surface area contributed by atoms with Crippen LogP contribution in [0.3, 0.4) is 0 Å². The summed E-state index contributed by atoms with van der Waals surface area (Å²) >= 11 is 0.932. The number of hydrogen-bond donors (Lipinski definition) is 2. The highest BCUT2D eigenvalue weighted by Gasteiger charge is 2.55. The van der Waals surface area contributed by atoms with Crippen LogP contribution in [-0.2, 0) is 19.9 Å². The van der Waals surface area contributed by atoms with Gasteiger partial charge < -0.3 is 25.0 Å². The summed E-state index contributed by atoms with van der Waals surface area (Å²) < 4.78 is 10.7. The van der Waals surface area contributed by atoms with E-state index in [0.29, 0.717) is 16.9 Å². The summed E-state index contributed by atoms with van der Waals surface area (Å²) in [7, 11) is 3.15. The number of thiophene rings is 1. The third-order valence-corrected chi connectivity index (χ3v) is 7.23. The van der Waals surface area contributed by atoms with E-state index in [1.54, 1.807) is 52.2 Å². The van der Waals surface area contributed by atoms with Gasteiger partial charge in [-0.25, -0.2) is 9.59 Å². The molecule has 0 bridgehead atoms. The number of hydrogen-bond acceptors (Lipinski definition) is 8. The maximum atomic E-state index is 13.4. The Morgan fingerprint density at radius 3 is 2.67 bits per heavy atom. The summed E-state index contributed by atoms with van der Waals surface area (Å²) in [5.41, 5.74) is -0.344. The first-order valence-electron chi connectivity index (χ1n) is 11.3. The van der Waals surface area contributed by atoms with Gasteiger partial charge in [-0.2, -0.15) is 0 Å². The summed E-state index contributed by atoms with van der Waals surface area (Å²) in [4.78, 5) is 66.9. The molecule has 1 atom stereocenters. The third kappa shape index (κ3) is 4.17. The Morgan fingerprint density at radius 1 is 1.25 bits per heavy atom. The van der Waals surface area contributed by atoms with Gasteiger partial charge in [0.05, 0.1) is 23.7 Å². The monoisotopic (exact) mass is 514 g/mol. The first kappa shape index (κ1) is 25.2. The van der Waals surface area contributed by atoms with Gasteiger partial charge in [-0.1, -0.05) is 18.2 Å². The topological polar surface area (TPSA) is 134 Å². The second kappa shape index (κ2) is 9.61. The molecular weight excluding hydrogens is 488 g/mol. The standard InChI is InChI=1S/C24H26N4O7S/c1-5-34-21(31)17-13(2)18(20(30)27(3)4)36-19(17)25-16(29)12-28-22(32)24(26-23(28)33)10-11-35-15-9-7-6-8-14(15)24/h6-9H,5,10-12H2,1-4H3,(H,25,29)(H,26,33)/t24-/m0/s1. The lowest BCUT2D eigenvalue weighted by molar-refractivity contribution is -0.135. The Morgan fingerprint density at radius 2 is 1.97 bits per heavy atom. The van der Waals surface area contributed by atoms with Crippen molar-refractivity contribution in [1.29, 1.82) is 0 Å². The van der Waals surface area contributed by atoms with Crippen LogP contribution in [0.5, 0.6) is 5.75 Å². The minimum atomic E-state index is -1.31. The lowest BCUT2D eigenvalue weighted by Gasteiger charge is -2.33. The molecular formula is C24H26N4O7S. The molecule has 2 aromatic rings. The maximum Gasteiger partial charge on any atom is 0.341 e. The van der Waals surface area contributed by atoms with Crippen molar-refractivity contribution >= 4 is 46.1 Å². The molecule has 0 saturated carbocycles. The molecule has 1 fully saturated rings. The molecule has 0 radical (unpaired) electrons. The number of nitrogens with one attached hydrogen (secondary N) is 2. The van der Waals surface area contributed by atoms with Gasteiger partial charge in [0.2, 0.25) is 5.91 Å². The average Bonchev–Trinajstić information content (AvgIpc) is 3.27. The van der Waals surface area contributed by atoms with Crippen molar-refractivity contribution in [1.82, 2.24) is 15.1 Å². The van der Waals surface area contributed by atoms with Gasteiger partial charge >= 0.3 is 12.0 Å². The number of anilines is 1. The van der Waals surface area contributed by atoms with Crippen molar-refractivity contribution in [3.05, 3.63) is 45.8 Å². The molecule has 12 heteroatoms. The molecule has 4 rings (SSSR count). The number of ether oxygens (including phenoxy) is 2. The van der Waals surface area contributed by atoms with E-state index in [1.807, 2.05) is 0 Å². The molecule has 2 aliphatic heterocycles. The van der Waals surface area contributed by atoms with E-state index in [1.165, 1.54) is 4.90 Å². The number of carbonyl (C=O) groups is 5. The third-order valence-electron chi connectivity index (χ3n) is 6.04. The van der Waals surface area contributed by atoms with E-state index in [-0.39, 0.29) is 41.0 Å². The van der Waals surface area contributed by atoms with E-state index < -0.39 is 35.9 Å². The number of benzene rings is 1. The number of esters is 1. The molecule has 0 aliphatic carbocycles. The number of nitrogens with zero attached hydrogens (tertiary/aromatic N) is 2. The van der Waals surface area contributed by atoms with Crippen molar-refractivity contribution in [3.8, 4) is 5.75 Å². The Hall–Kier alpha value is -3.93. The van der Waals surface area contributed by atoms with Gasteiger partial charge in [0, 0.05) is 26.1 Å². The Kier molecular flexibility index (Phi) is 6.72. The highest BCUT2D eigenvalue weighted by Crippen LogP contribution is 2.41. The van der Waals surface area contributed by atoms with Crippen LogP contribution in [0.1, 0.15) is 44.5 Å². The molecule has 3 heterocycles. The van der Waals surface area contributed by atoms with E-state index in [2.05, 4.69) is 10.6 Å². The molecule has 1 aromatic heterocycles. The first-order valence-corrected chi connectivity index (χ1v) is 12.1. The maximum absolute atomic E-state index is 13.4. The van der Waals surface area contributed by atoms with Crippen LogP contribution in [-0.4, -0.2) is 73.4 Å². The number of para-hydroxylation sites is 1. The van der Waals surface area contributed by atoms with Gasteiger partial charge in [0.25, 0.3) is 11.8 Å². The molecule has 190 valence electrons. The summed E-state index contributed by atoms with van der Waals surface area (Å²) in [6.07, 6.45) is 0.222. The number of urea groups is 1. The molecule has 36 heavy (non-hydrogen) atoms. The van der Waals surface area contributed by atoms with E-state index in [9.17, 15) is 24.0 Å². The van der Waals surface area contributed by atoms with Crippen LogP contribution < -0.4 is 15.4 Å². The number of carbonyl (C=O) groups excluding carboxylic acids is 5.